The third-order valence-corrected chi connectivity index (χ3v) is 4.88. The normalized spacial score (nSPS) is 10.9. The Morgan fingerprint density at radius 2 is 1.64 bits per heavy atom. The maximum Gasteiger partial charge on any atom is 0.0392 e. The lowest BCUT2D eigenvalue weighted by molar-refractivity contribution is 1.02. The first-order valence-corrected chi connectivity index (χ1v) is 7.24. The molecule has 0 unspecified atom stereocenters. The summed E-state index contributed by atoms with van der Waals surface area (Å²) in [6.45, 7) is 6.75. The third-order valence-electron chi connectivity index (χ3n) is 2.97. The van der Waals surface area contributed by atoms with Crippen molar-refractivity contribution in [3.05, 3.63) is 27.2 Å². The molecule has 0 heterocycles. The molecule has 0 aliphatic rings. The van der Waals surface area contributed by atoms with Gasteiger partial charge in [-0.2, -0.15) is 0 Å². The van der Waals surface area contributed by atoms with E-state index < -0.39 is 0 Å². The molecule has 0 saturated carbocycles. The van der Waals surface area contributed by atoms with E-state index in [0.717, 1.165) is 12.8 Å². The molecule has 78 valence electrons. The summed E-state index contributed by atoms with van der Waals surface area (Å²) >= 11 is 3.68. The van der Waals surface area contributed by atoms with Crippen LogP contribution in [0.5, 0.6) is 0 Å². The Balaban J connectivity index is 3.39. The van der Waals surface area contributed by atoms with Crippen LogP contribution in [0.2, 0.25) is 0 Å². The average Bonchev–Trinajstić information content (AvgIpc) is 2.17. The number of rotatable bonds is 3. The van der Waals surface area contributed by atoms with Gasteiger partial charge in [0.1, 0.15) is 0 Å². The topological polar surface area (TPSA) is 0 Å². The van der Waals surface area contributed by atoms with Crippen molar-refractivity contribution in [3.63, 3.8) is 0 Å². The van der Waals surface area contributed by atoms with E-state index in [1.54, 1.807) is 10.8 Å². The van der Waals surface area contributed by atoms with Gasteiger partial charge in [0.05, 0.1) is 0 Å². The fraction of sp³-hybridized carbons (Fsp3) is 0.500. The fourth-order valence-electron chi connectivity index (χ4n) is 2.17. The van der Waals surface area contributed by atoms with Crippen molar-refractivity contribution in [3.8, 4) is 0 Å². The molecule has 1 rings (SSSR count). The lowest BCUT2D eigenvalue weighted by atomic mass is 9.98. The Morgan fingerprint density at radius 3 is 2.07 bits per heavy atom. The molecule has 0 spiro atoms. The van der Waals surface area contributed by atoms with Gasteiger partial charge in [0.2, 0.25) is 0 Å². The highest BCUT2D eigenvalue weighted by Crippen LogP contribution is 2.21. The second-order valence-corrected chi connectivity index (χ2v) is 5.51. The van der Waals surface area contributed by atoms with Crippen molar-refractivity contribution >= 4 is 31.4 Å². The molecule has 1 aromatic rings. The van der Waals surface area contributed by atoms with Gasteiger partial charge in [-0.15, -0.1) is 0 Å². The van der Waals surface area contributed by atoms with E-state index in [9.17, 15) is 0 Å². The van der Waals surface area contributed by atoms with Crippen LogP contribution in [0.1, 0.15) is 37.5 Å². The van der Waals surface area contributed by atoms with Crippen LogP contribution < -0.4 is 5.19 Å². The van der Waals surface area contributed by atoms with Crippen LogP contribution in [0, 0.1) is 0 Å². The van der Waals surface area contributed by atoms with Gasteiger partial charge in [-0.05, 0) is 42.0 Å². The monoisotopic (exact) mass is 270 g/mol. The number of hydrogen-bond acceptors (Lipinski definition) is 0. The highest BCUT2D eigenvalue weighted by Gasteiger charge is 2.09. The van der Waals surface area contributed by atoms with Crippen molar-refractivity contribution in [2.75, 3.05) is 0 Å². The van der Waals surface area contributed by atoms with Crippen molar-refractivity contribution in [2.45, 2.75) is 40.0 Å². The first kappa shape index (κ1) is 12.0. The molecule has 2 heteroatoms. The first-order valence-electron chi connectivity index (χ1n) is 5.45. The Labute approximate surface area is 98.7 Å². The van der Waals surface area contributed by atoms with Crippen LogP contribution in [-0.2, 0) is 19.3 Å². The zero-order valence-electron chi connectivity index (χ0n) is 9.58. The second-order valence-electron chi connectivity index (χ2n) is 3.66. The molecule has 0 aromatic heterocycles. The molecular weight excluding hydrogens is 252 g/mol. The van der Waals surface area contributed by atoms with Gasteiger partial charge in [0.15, 0.2) is 0 Å². The molecule has 0 radical (unpaired) electrons. The summed E-state index contributed by atoms with van der Waals surface area (Å²) in [5, 5.41) is 1.63. The second kappa shape index (κ2) is 5.13. The van der Waals surface area contributed by atoms with Crippen molar-refractivity contribution in [2.24, 2.45) is 0 Å². The van der Waals surface area contributed by atoms with Crippen LogP contribution in [0.15, 0.2) is 10.5 Å². The van der Waals surface area contributed by atoms with Gasteiger partial charge in [0.25, 0.3) is 0 Å². The quantitative estimate of drug-likeness (QED) is 0.739. The average molecular weight is 271 g/mol. The highest BCUT2D eigenvalue weighted by molar-refractivity contribution is 9.10. The van der Waals surface area contributed by atoms with Crippen LogP contribution in [0.25, 0.3) is 0 Å². The molecule has 0 aliphatic carbocycles. The smallest absolute Gasteiger partial charge is 0.0392 e. The summed E-state index contributed by atoms with van der Waals surface area (Å²) in [5.41, 5.74) is 4.67. The molecule has 0 aliphatic heterocycles. The third kappa shape index (κ3) is 2.11. The number of benzene rings is 1. The van der Waals surface area contributed by atoms with Crippen LogP contribution in [-0.4, -0.2) is 10.2 Å². The summed E-state index contributed by atoms with van der Waals surface area (Å²) in [4.78, 5) is 0. The molecule has 1 aromatic carbocycles. The minimum Gasteiger partial charge on any atom is -0.0631 e. The van der Waals surface area contributed by atoms with E-state index in [2.05, 4.69) is 42.8 Å². The van der Waals surface area contributed by atoms with E-state index in [0.29, 0.717) is 0 Å². The summed E-state index contributed by atoms with van der Waals surface area (Å²) in [6.07, 6.45) is 3.49. The molecule has 0 saturated heterocycles. The van der Waals surface area contributed by atoms with E-state index in [4.69, 9.17) is 0 Å². The lowest BCUT2D eigenvalue weighted by Crippen LogP contribution is -2.18. The molecule has 0 bridgehead atoms. The van der Waals surface area contributed by atoms with Gasteiger partial charge in [-0.3, -0.25) is 0 Å². The SMILES string of the molecule is CCc1cc(Br)c(CC)c([SiH3])c1CC. The summed E-state index contributed by atoms with van der Waals surface area (Å²) in [6, 6.07) is 2.32. The largest absolute Gasteiger partial charge is 0.0631 e. The molecule has 14 heavy (non-hydrogen) atoms. The number of hydrogen-bond donors (Lipinski definition) is 0. The van der Waals surface area contributed by atoms with Crippen molar-refractivity contribution in [1.82, 2.24) is 0 Å². The summed E-state index contributed by atoms with van der Waals surface area (Å²) in [5.74, 6) is 0. The molecule has 0 atom stereocenters. The van der Waals surface area contributed by atoms with Crippen LogP contribution in [0.4, 0.5) is 0 Å². The first-order chi connectivity index (χ1) is 6.65. The maximum absolute atomic E-state index is 3.68. The fourth-order valence-corrected chi connectivity index (χ4v) is 4.69. The van der Waals surface area contributed by atoms with Gasteiger partial charge in [-0.25, -0.2) is 0 Å². The predicted octanol–water partition coefficient (Wildman–Crippen LogP) is 2.13. The molecule has 0 fully saturated rings. The molecule has 0 N–H and O–H groups in total. The van der Waals surface area contributed by atoms with Gasteiger partial charge < -0.3 is 0 Å². The minimum absolute atomic E-state index is 1.15. The Morgan fingerprint density at radius 1 is 1.07 bits per heavy atom. The Bertz CT molecular complexity index is 332. The van der Waals surface area contributed by atoms with Gasteiger partial charge in [0, 0.05) is 14.7 Å². The highest BCUT2D eigenvalue weighted by atomic mass is 79.9. The van der Waals surface area contributed by atoms with Crippen LogP contribution in [0.3, 0.4) is 0 Å². The van der Waals surface area contributed by atoms with Gasteiger partial charge in [-0.1, -0.05) is 41.9 Å². The number of aryl methyl sites for hydroxylation is 1. The van der Waals surface area contributed by atoms with Crippen molar-refractivity contribution < 1.29 is 0 Å². The molecule has 0 nitrogen and oxygen atoms in total. The van der Waals surface area contributed by atoms with E-state index in [1.807, 2.05) is 0 Å². The summed E-state index contributed by atoms with van der Waals surface area (Å²) < 4.78 is 1.32. The Kier molecular flexibility index (Phi) is 4.39. The number of halogens is 1. The Hall–Kier alpha value is -0.0831. The molecule has 0 amide bonds. The standard InChI is InChI=1S/C12H19BrSi/c1-4-8-7-11(13)10(6-3)12(14)9(8)5-2/h7H,4-6H2,1-3,14H3. The zero-order chi connectivity index (χ0) is 10.7. The predicted molar refractivity (Wildman–Crippen MR) is 71.8 cm³/mol. The van der Waals surface area contributed by atoms with Crippen molar-refractivity contribution in [1.29, 1.82) is 0 Å². The van der Waals surface area contributed by atoms with E-state index in [1.165, 1.54) is 32.3 Å². The summed E-state index contributed by atoms with van der Waals surface area (Å²) in [7, 11) is 1.17. The van der Waals surface area contributed by atoms with E-state index >= 15 is 0 Å². The molecular formula is C12H19BrSi. The van der Waals surface area contributed by atoms with Crippen LogP contribution >= 0.6 is 15.9 Å². The van der Waals surface area contributed by atoms with Gasteiger partial charge >= 0.3 is 0 Å². The minimum atomic E-state index is 1.15. The maximum atomic E-state index is 3.68. The lowest BCUT2D eigenvalue weighted by Gasteiger charge is -2.15. The van der Waals surface area contributed by atoms with E-state index in [-0.39, 0.29) is 0 Å². The zero-order valence-corrected chi connectivity index (χ0v) is 13.2.